The molecule has 2 nitrogen and oxygen atoms in total. The molecule has 0 aromatic heterocycles. The lowest BCUT2D eigenvalue weighted by atomic mass is 10.1. The molecule has 17 heavy (non-hydrogen) atoms. The summed E-state index contributed by atoms with van der Waals surface area (Å²) in [6, 6.07) is 6.17. The van der Waals surface area contributed by atoms with Gasteiger partial charge in [0.2, 0.25) is 0 Å². The van der Waals surface area contributed by atoms with Gasteiger partial charge in [-0.1, -0.05) is 30.7 Å². The van der Waals surface area contributed by atoms with Crippen LogP contribution < -0.4 is 11.1 Å². The van der Waals surface area contributed by atoms with Gasteiger partial charge in [-0.2, -0.15) is 0 Å². The van der Waals surface area contributed by atoms with Crippen LogP contribution >= 0.6 is 23.8 Å². The summed E-state index contributed by atoms with van der Waals surface area (Å²) < 4.78 is 0. The fourth-order valence-corrected chi connectivity index (χ4v) is 2.75. The number of hydrogen-bond acceptors (Lipinski definition) is 2. The van der Waals surface area contributed by atoms with Crippen molar-refractivity contribution in [2.24, 2.45) is 11.7 Å². The molecule has 2 unspecified atom stereocenters. The van der Waals surface area contributed by atoms with E-state index >= 15 is 0 Å². The zero-order valence-corrected chi connectivity index (χ0v) is 11.4. The first-order chi connectivity index (χ1) is 8.06. The topological polar surface area (TPSA) is 38.0 Å². The third kappa shape index (κ3) is 3.11. The van der Waals surface area contributed by atoms with Crippen molar-refractivity contribution in [2.75, 3.05) is 5.32 Å². The van der Waals surface area contributed by atoms with Crippen LogP contribution in [0.1, 0.15) is 31.7 Å². The SMILES string of the molecule is CC1CCC(Nc2ccc(Cl)cc2C(N)=S)C1. The molecule has 1 aliphatic rings. The van der Waals surface area contributed by atoms with E-state index in [1.807, 2.05) is 18.2 Å². The van der Waals surface area contributed by atoms with Crippen molar-refractivity contribution in [1.82, 2.24) is 0 Å². The fourth-order valence-electron chi connectivity index (χ4n) is 2.40. The average Bonchev–Trinajstić information content (AvgIpc) is 2.66. The number of halogens is 1. The zero-order valence-electron chi connectivity index (χ0n) is 9.87. The summed E-state index contributed by atoms with van der Waals surface area (Å²) in [5.74, 6) is 0.799. The molecule has 1 aromatic rings. The van der Waals surface area contributed by atoms with Gasteiger partial charge in [-0.3, -0.25) is 0 Å². The number of hydrogen-bond donors (Lipinski definition) is 2. The molecular weight excluding hydrogens is 252 g/mol. The Bertz CT molecular complexity index is 433. The van der Waals surface area contributed by atoms with Crippen LogP contribution in [0.25, 0.3) is 0 Å². The van der Waals surface area contributed by atoms with E-state index in [0.717, 1.165) is 17.2 Å². The second-order valence-corrected chi connectivity index (χ2v) is 5.69. The minimum absolute atomic E-state index is 0.390. The van der Waals surface area contributed by atoms with Gasteiger partial charge in [-0.15, -0.1) is 0 Å². The Balaban J connectivity index is 2.17. The van der Waals surface area contributed by atoms with Crippen LogP contribution in [0.15, 0.2) is 18.2 Å². The standard InChI is InChI=1S/C13H17ClN2S/c1-8-2-4-10(6-8)16-12-5-3-9(14)7-11(12)13(15)17/h3,5,7-8,10,16H,2,4,6H2,1H3,(H2,15,17). The van der Waals surface area contributed by atoms with Crippen molar-refractivity contribution < 1.29 is 0 Å². The highest BCUT2D eigenvalue weighted by Crippen LogP contribution is 2.29. The van der Waals surface area contributed by atoms with E-state index in [1.54, 1.807) is 0 Å². The van der Waals surface area contributed by atoms with Crippen molar-refractivity contribution >= 4 is 34.5 Å². The maximum atomic E-state index is 5.96. The van der Waals surface area contributed by atoms with Gasteiger partial charge in [0.15, 0.2) is 0 Å². The third-order valence-electron chi connectivity index (χ3n) is 3.30. The Kier molecular flexibility index (Phi) is 3.89. The molecular formula is C13H17ClN2S. The molecule has 4 heteroatoms. The summed E-state index contributed by atoms with van der Waals surface area (Å²) in [6.07, 6.45) is 3.70. The summed E-state index contributed by atoms with van der Waals surface area (Å²) >= 11 is 11.0. The van der Waals surface area contributed by atoms with Crippen LogP contribution in [0.2, 0.25) is 5.02 Å². The number of nitrogens with two attached hydrogens (primary N) is 1. The van der Waals surface area contributed by atoms with Crippen LogP contribution in [0.3, 0.4) is 0 Å². The lowest BCUT2D eigenvalue weighted by Gasteiger charge is -2.17. The van der Waals surface area contributed by atoms with Gasteiger partial charge in [-0.25, -0.2) is 0 Å². The number of anilines is 1. The molecule has 1 aromatic carbocycles. The lowest BCUT2D eigenvalue weighted by Crippen LogP contribution is -2.19. The molecule has 1 fully saturated rings. The van der Waals surface area contributed by atoms with Crippen LogP contribution in [0, 0.1) is 5.92 Å². The lowest BCUT2D eigenvalue weighted by molar-refractivity contribution is 0.602. The highest BCUT2D eigenvalue weighted by molar-refractivity contribution is 7.80. The monoisotopic (exact) mass is 268 g/mol. The molecule has 1 saturated carbocycles. The molecule has 0 aliphatic heterocycles. The quantitative estimate of drug-likeness (QED) is 0.823. The van der Waals surface area contributed by atoms with Gasteiger partial charge >= 0.3 is 0 Å². The molecule has 1 aliphatic carbocycles. The fraction of sp³-hybridized carbons (Fsp3) is 0.462. The second-order valence-electron chi connectivity index (χ2n) is 4.81. The first kappa shape index (κ1) is 12.7. The van der Waals surface area contributed by atoms with E-state index in [-0.39, 0.29) is 0 Å². The molecule has 0 bridgehead atoms. The summed E-state index contributed by atoms with van der Waals surface area (Å²) in [6.45, 7) is 2.29. The van der Waals surface area contributed by atoms with Gasteiger partial charge in [0.1, 0.15) is 4.99 Å². The Hall–Kier alpha value is -0.800. The van der Waals surface area contributed by atoms with Crippen molar-refractivity contribution in [2.45, 2.75) is 32.2 Å². The van der Waals surface area contributed by atoms with E-state index in [4.69, 9.17) is 29.6 Å². The summed E-state index contributed by atoms with van der Waals surface area (Å²) in [5, 5.41) is 4.19. The van der Waals surface area contributed by atoms with Crippen LogP contribution in [0.4, 0.5) is 5.69 Å². The Morgan fingerprint density at radius 3 is 2.82 bits per heavy atom. The first-order valence-electron chi connectivity index (χ1n) is 5.92. The van der Waals surface area contributed by atoms with Gasteiger partial charge in [0.05, 0.1) is 0 Å². The van der Waals surface area contributed by atoms with E-state index < -0.39 is 0 Å². The smallest absolute Gasteiger partial charge is 0.106 e. The second kappa shape index (κ2) is 5.23. The summed E-state index contributed by atoms with van der Waals surface area (Å²) in [4.78, 5) is 0.390. The summed E-state index contributed by atoms with van der Waals surface area (Å²) in [5.41, 5.74) is 7.56. The predicted molar refractivity (Wildman–Crippen MR) is 77.8 cm³/mol. The zero-order chi connectivity index (χ0) is 12.4. The molecule has 0 saturated heterocycles. The third-order valence-corrected chi connectivity index (χ3v) is 3.76. The summed E-state index contributed by atoms with van der Waals surface area (Å²) in [7, 11) is 0. The van der Waals surface area contributed by atoms with Gasteiger partial charge in [0, 0.05) is 22.3 Å². The van der Waals surface area contributed by atoms with E-state index in [0.29, 0.717) is 16.1 Å². The highest BCUT2D eigenvalue weighted by Gasteiger charge is 2.21. The van der Waals surface area contributed by atoms with Crippen molar-refractivity contribution in [3.63, 3.8) is 0 Å². The molecule has 0 radical (unpaired) electrons. The minimum Gasteiger partial charge on any atom is -0.389 e. The van der Waals surface area contributed by atoms with Crippen molar-refractivity contribution in [3.05, 3.63) is 28.8 Å². The van der Waals surface area contributed by atoms with Gasteiger partial charge < -0.3 is 11.1 Å². The van der Waals surface area contributed by atoms with Gasteiger partial charge in [-0.05, 0) is 43.4 Å². The minimum atomic E-state index is 0.390. The van der Waals surface area contributed by atoms with Crippen LogP contribution in [-0.2, 0) is 0 Å². The molecule has 0 amide bonds. The van der Waals surface area contributed by atoms with Gasteiger partial charge in [0.25, 0.3) is 0 Å². The molecule has 3 N–H and O–H groups in total. The number of nitrogens with one attached hydrogen (secondary N) is 1. The molecule has 2 atom stereocenters. The Labute approximate surface area is 113 Å². The number of rotatable bonds is 3. The van der Waals surface area contributed by atoms with E-state index in [1.165, 1.54) is 19.3 Å². The molecule has 0 heterocycles. The van der Waals surface area contributed by atoms with Crippen molar-refractivity contribution in [1.29, 1.82) is 0 Å². The molecule has 2 rings (SSSR count). The highest BCUT2D eigenvalue weighted by atomic mass is 35.5. The average molecular weight is 269 g/mol. The van der Waals surface area contributed by atoms with Crippen LogP contribution in [0.5, 0.6) is 0 Å². The first-order valence-corrected chi connectivity index (χ1v) is 6.71. The van der Waals surface area contributed by atoms with E-state index in [9.17, 15) is 0 Å². The molecule has 0 spiro atoms. The maximum absolute atomic E-state index is 5.96. The predicted octanol–water partition coefficient (Wildman–Crippen LogP) is 3.57. The Morgan fingerprint density at radius 1 is 1.47 bits per heavy atom. The molecule has 92 valence electrons. The normalized spacial score (nSPS) is 23.6. The van der Waals surface area contributed by atoms with E-state index in [2.05, 4.69) is 12.2 Å². The number of thiocarbonyl (C=S) groups is 1. The van der Waals surface area contributed by atoms with Crippen molar-refractivity contribution in [3.8, 4) is 0 Å². The number of benzene rings is 1. The largest absolute Gasteiger partial charge is 0.389 e. The van der Waals surface area contributed by atoms with Crippen LogP contribution in [-0.4, -0.2) is 11.0 Å². The Morgan fingerprint density at radius 2 is 2.24 bits per heavy atom. The maximum Gasteiger partial charge on any atom is 0.106 e.